The van der Waals surface area contributed by atoms with Crippen molar-refractivity contribution in [3.05, 3.63) is 24.3 Å². The molecule has 1 unspecified atom stereocenters. The summed E-state index contributed by atoms with van der Waals surface area (Å²) >= 11 is 0. The number of amides is 1. The smallest absolute Gasteiger partial charge is 0.412 e. The number of benzene rings is 1. The summed E-state index contributed by atoms with van der Waals surface area (Å²) in [5.41, 5.74) is 0.673. The van der Waals surface area contributed by atoms with Gasteiger partial charge < -0.3 is 14.2 Å². The van der Waals surface area contributed by atoms with Crippen molar-refractivity contribution >= 4 is 11.8 Å². The zero-order valence-corrected chi connectivity index (χ0v) is 18.2. The molecule has 1 aromatic carbocycles. The van der Waals surface area contributed by atoms with E-state index < -0.39 is 6.09 Å². The summed E-state index contributed by atoms with van der Waals surface area (Å²) < 4.78 is 17.1. The predicted molar refractivity (Wildman–Crippen MR) is 117 cm³/mol. The van der Waals surface area contributed by atoms with Gasteiger partial charge in [0.15, 0.2) is 0 Å². The number of carbonyl (C=O) groups is 1. The summed E-state index contributed by atoms with van der Waals surface area (Å²) in [6, 6.07) is 7.43. The molecule has 0 aromatic heterocycles. The van der Waals surface area contributed by atoms with Crippen LogP contribution in [-0.2, 0) is 9.47 Å². The molecular weight excluding hydrogens is 368 g/mol. The van der Waals surface area contributed by atoms with Crippen LogP contribution in [0.5, 0.6) is 5.75 Å². The first-order valence-corrected chi connectivity index (χ1v) is 11.2. The van der Waals surface area contributed by atoms with Gasteiger partial charge in [0.25, 0.3) is 0 Å². The highest BCUT2D eigenvalue weighted by Crippen LogP contribution is 2.18. The molecule has 1 saturated heterocycles. The van der Waals surface area contributed by atoms with Crippen molar-refractivity contribution in [2.75, 3.05) is 44.8 Å². The zero-order valence-electron chi connectivity index (χ0n) is 18.2. The third kappa shape index (κ3) is 9.99. The molecule has 0 radical (unpaired) electrons. The summed E-state index contributed by atoms with van der Waals surface area (Å²) in [5, 5.41) is 2.83. The maximum Gasteiger partial charge on any atom is 0.412 e. The maximum atomic E-state index is 12.5. The minimum absolute atomic E-state index is 0.274. The average molecular weight is 407 g/mol. The number of nitrogens with one attached hydrogen (secondary N) is 1. The molecule has 0 spiro atoms. The number of unbranched alkanes of at least 4 members (excludes halogenated alkanes) is 1. The highest BCUT2D eigenvalue weighted by molar-refractivity contribution is 5.85. The van der Waals surface area contributed by atoms with Crippen LogP contribution < -0.4 is 10.1 Å². The molecule has 0 bridgehead atoms. The number of anilines is 1. The fourth-order valence-electron chi connectivity index (χ4n) is 3.39. The topological polar surface area (TPSA) is 60.0 Å². The van der Waals surface area contributed by atoms with Gasteiger partial charge in [-0.1, -0.05) is 39.2 Å². The van der Waals surface area contributed by atoms with Gasteiger partial charge in [-0.15, -0.1) is 0 Å². The number of rotatable bonds is 12. The van der Waals surface area contributed by atoms with Crippen LogP contribution in [0, 0.1) is 0 Å². The van der Waals surface area contributed by atoms with E-state index in [2.05, 4.69) is 24.1 Å². The van der Waals surface area contributed by atoms with E-state index in [1.54, 1.807) is 0 Å². The van der Waals surface area contributed by atoms with E-state index in [9.17, 15) is 4.79 Å². The van der Waals surface area contributed by atoms with Gasteiger partial charge in [-0.2, -0.15) is 0 Å². The molecule has 0 aliphatic carbocycles. The Morgan fingerprint density at radius 2 is 1.90 bits per heavy atom. The van der Waals surface area contributed by atoms with Crippen LogP contribution in [0.15, 0.2) is 24.3 Å². The number of hydrogen-bond acceptors (Lipinski definition) is 5. The van der Waals surface area contributed by atoms with Crippen molar-refractivity contribution in [1.82, 2.24) is 4.90 Å². The molecule has 2 rings (SSSR count). The summed E-state index contributed by atoms with van der Waals surface area (Å²) in [7, 11) is 0. The van der Waals surface area contributed by atoms with E-state index in [0.29, 0.717) is 25.5 Å². The number of hydrogen-bond donors (Lipinski definition) is 1. The number of nitrogens with zero attached hydrogens (tertiary/aromatic N) is 1. The molecule has 1 aliphatic rings. The molecule has 1 heterocycles. The van der Waals surface area contributed by atoms with Crippen molar-refractivity contribution in [1.29, 1.82) is 0 Å². The monoisotopic (exact) mass is 406 g/mol. The molecule has 1 aliphatic heterocycles. The van der Waals surface area contributed by atoms with Crippen LogP contribution >= 0.6 is 0 Å². The SMILES string of the molecule is CCCCOc1cccc(NC(=O)OC(COCCC)CN2CCCCCC2)c1. The van der Waals surface area contributed by atoms with Gasteiger partial charge in [0.1, 0.15) is 11.9 Å². The van der Waals surface area contributed by atoms with E-state index in [0.717, 1.165) is 44.6 Å². The van der Waals surface area contributed by atoms with Crippen LogP contribution in [-0.4, -0.2) is 56.6 Å². The third-order valence-corrected chi connectivity index (χ3v) is 4.93. The van der Waals surface area contributed by atoms with Crippen molar-refractivity contribution in [3.63, 3.8) is 0 Å². The van der Waals surface area contributed by atoms with E-state index >= 15 is 0 Å². The van der Waals surface area contributed by atoms with Gasteiger partial charge in [-0.25, -0.2) is 4.79 Å². The standard InChI is InChI=1S/C23H38N2O4/c1-3-5-16-28-21-12-10-11-20(17-21)24-23(26)29-22(19-27-15-4-2)18-25-13-8-6-7-9-14-25/h10-12,17,22H,3-9,13-16,18-19H2,1-2H3,(H,24,26). The van der Waals surface area contributed by atoms with Crippen molar-refractivity contribution in [2.45, 2.75) is 64.9 Å². The van der Waals surface area contributed by atoms with Crippen LogP contribution in [0.1, 0.15) is 58.8 Å². The van der Waals surface area contributed by atoms with Gasteiger partial charge in [-0.3, -0.25) is 10.2 Å². The van der Waals surface area contributed by atoms with E-state index in [4.69, 9.17) is 14.2 Å². The van der Waals surface area contributed by atoms with Crippen LogP contribution in [0.2, 0.25) is 0 Å². The Morgan fingerprint density at radius 3 is 2.62 bits per heavy atom. The lowest BCUT2D eigenvalue weighted by Gasteiger charge is -2.26. The first-order valence-electron chi connectivity index (χ1n) is 11.2. The van der Waals surface area contributed by atoms with E-state index in [1.807, 2.05) is 24.3 Å². The fraction of sp³-hybridized carbons (Fsp3) is 0.696. The summed E-state index contributed by atoms with van der Waals surface area (Å²) in [6.45, 7) is 8.83. The molecule has 1 amide bonds. The lowest BCUT2D eigenvalue weighted by Crippen LogP contribution is -2.39. The highest BCUT2D eigenvalue weighted by Gasteiger charge is 2.20. The minimum Gasteiger partial charge on any atom is -0.494 e. The summed E-state index contributed by atoms with van der Waals surface area (Å²) in [4.78, 5) is 14.9. The number of carbonyl (C=O) groups excluding carboxylic acids is 1. The molecule has 1 N–H and O–H groups in total. The molecule has 1 aromatic rings. The lowest BCUT2D eigenvalue weighted by atomic mass is 10.2. The minimum atomic E-state index is -0.448. The van der Waals surface area contributed by atoms with Crippen molar-refractivity contribution in [3.8, 4) is 5.75 Å². The summed E-state index contributed by atoms with van der Waals surface area (Å²) in [5.74, 6) is 0.753. The fourth-order valence-corrected chi connectivity index (χ4v) is 3.39. The van der Waals surface area contributed by atoms with Crippen LogP contribution in [0.25, 0.3) is 0 Å². The van der Waals surface area contributed by atoms with Crippen LogP contribution in [0.3, 0.4) is 0 Å². The highest BCUT2D eigenvalue weighted by atomic mass is 16.6. The van der Waals surface area contributed by atoms with E-state index in [1.165, 1.54) is 25.7 Å². The summed E-state index contributed by atoms with van der Waals surface area (Å²) in [6.07, 6.45) is 7.31. The average Bonchev–Trinajstić information content (AvgIpc) is 2.97. The van der Waals surface area contributed by atoms with E-state index in [-0.39, 0.29) is 6.10 Å². The largest absolute Gasteiger partial charge is 0.494 e. The lowest BCUT2D eigenvalue weighted by molar-refractivity contribution is 0.00801. The quantitative estimate of drug-likeness (QED) is 0.490. The molecule has 6 heteroatoms. The number of ether oxygens (including phenoxy) is 3. The Labute approximate surface area is 175 Å². The second-order valence-electron chi connectivity index (χ2n) is 7.67. The third-order valence-electron chi connectivity index (χ3n) is 4.93. The Kier molecular flexibility index (Phi) is 11.5. The molecular formula is C23H38N2O4. The Morgan fingerprint density at radius 1 is 1.10 bits per heavy atom. The van der Waals surface area contributed by atoms with Gasteiger partial charge in [0.05, 0.1) is 13.2 Å². The zero-order chi connectivity index (χ0) is 20.7. The molecule has 164 valence electrons. The number of likely N-dealkylation sites (tertiary alicyclic amines) is 1. The molecule has 1 fully saturated rings. The Balaban J connectivity index is 1.87. The molecule has 29 heavy (non-hydrogen) atoms. The maximum absolute atomic E-state index is 12.5. The predicted octanol–water partition coefficient (Wildman–Crippen LogP) is 5.09. The molecule has 1 atom stereocenters. The van der Waals surface area contributed by atoms with Gasteiger partial charge in [0.2, 0.25) is 0 Å². The second kappa shape index (κ2) is 14.2. The van der Waals surface area contributed by atoms with Crippen LogP contribution in [0.4, 0.5) is 10.5 Å². The van der Waals surface area contributed by atoms with Crippen molar-refractivity contribution < 1.29 is 19.0 Å². The molecule has 0 saturated carbocycles. The Hall–Kier alpha value is -1.79. The first kappa shape index (κ1) is 23.5. The Bertz CT molecular complexity index is 574. The molecule has 6 nitrogen and oxygen atoms in total. The van der Waals surface area contributed by atoms with Crippen molar-refractivity contribution in [2.24, 2.45) is 0 Å². The van der Waals surface area contributed by atoms with Gasteiger partial charge in [-0.05, 0) is 50.9 Å². The second-order valence-corrected chi connectivity index (χ2v) is 7.67. The first-order chi connectivity index (χ1) is 14.2. The van der Waals surface area contributed by atoms with Gasteiger partial charge in [0, 0.05) is 24.9 Å². The van der Waals surface area contributed by atoms with Gasteiger partial charge >= 0.3 is 6.09 Å². The normalized spacial score (nSPS) is 16.1.